The van der Waals surface area contributed by atoms with Gasteiger partial charge in [0.1, 0.15) is 0 Å². The molecule has 1 aromatic heterocycles. The summed E-state index contributed by atoms with van der Waals surface area (Å²) in [6.45, 7) is 4.23. The fraction of sp³-hybridized carbons (Fsp3) is 0.375. The highest BCUT2D eigenvalue weighted by Gasteiger charge is 2.31. The van der Waals surface area contributed by atoms with Crippen molar-refractivity contribution in [1.82, 2.24) is 20.8 Å². The van der Waals surface area contributed by atoms with Crippen LogP contribution in [0, 0.1) is 13.8 Å². The highest BCUT2D eigenvalue weighted by molar-refractivity contribution is 5.75. The standard InChI is InChI=1S/C16H20N4O2/c1-9-13(10(2)20-19-9)8-17-16(22)18-15-12-6-4-3-5-11(12)7-14(15)21/h3-6,14-15,21H,7-8H2,1-2H3,(H,19,20)(H2,17,18,22). The van der Waals surface area contributed by atoms with Crippen LogP contribution in [0.3, 0.4) is 0 Å². The average Bonchev–Trinajstić information content (AvgIpc) is 2.98. The van der Waals surface area contributed by atoms with Crippen LogP contribution in [0.4, 0.5) is 4.79 Å². The Hall–Kier alpha value is -2.34. The second kappa shape index (κ2) is 5.81. The molecule has 0 bridgehead atoms. The normalized spacial score (nSPS) is 19.8. The van der Waals surface area contributed by atoms with Gasteiger partial charge in [-0.05, 0) is 25.0 Å². The lowest BCUT2D eigenvalue weighted by atomic mass is 10.1. The van der Waals surface area contributed by atoms with E-state index < -0.39 is 6.10 Å². The molecule has 0 fully saturated rings. The van der Waals surface area contributed by atoms with Crippen LogP contribution in [0.1, 0.15) is 34.1 Å². The maximum Gasteiger partial charge on any atom is 0.315 e. The molecule has 4 N–H and O–H groups in total. The van der Waals surface area contributed by atoms with Crippen LogP contribution in [0.2, 0.25) is 0 Å². The molecule has 1 aliphatic carbocycles. The number of aliphatic hydroxyl groups is 1. The number of H-pyrrole nitrogens is 1. The molecule has 1 aromatic carbocycles. The molecule has 6 nitrogen and oxygen atoms in total. The number of carbonyl (C=O) groups is 1. The van der Waals surface area contributed by atoms with Crippen LogP contribution in [0.5, 0.6) is 0 Å². The van der Waals surface area contributed by atoms with Crippen molar-refractivity contribution in [3.8, 4) is 0 Å². The van der Waals surface area contributed by atoms with Crippen LogP contribution in [-0.4, -0.2) is 27.4 Å². The molecule has 0 saturated carbocycles. The smallest absolute Gasteiger partial charge is 0.315 e. The summed E-state index contributed by atoms with van der Waals surface area (Å²) in [6.07, 6.45) is -0.0123. The summed E-state index contributed by atoms with van der Waals surface area (Å²) in [4.78, 5) is 12.1. The van der Waals surface area contributed by atoms with Gasteiger partial charge in [-0.25, -0.2) is 4.79 Å². The third-order valence-corrected chi connectivity index (χ3v) is 4.20. The summed E-state index contributed by atoms with van der Waals surface area (Å²) in [5, 5.41) is 22.8. The predicted octanol–water partition coefficient (Wildman–Crippen LogP) is 1.48. The van der Waals surface area contributed by atoms with E-state index in [-0.39, 0.29) is 12.1 Å². The highest BCUT2D eigenvalue weighted by atomic mass is 16.3. The summed E-state index contributed by atoms with van der Waals surface area (Å²) < 4.78 is 0. The van der Waals surface area contributed by atoms with Gasteiger partial charge in [0, 0.05) is 24.2 Å². The minimum atomic E-state index is -0.583. The van der Waals surface area contributed by atoms with E-state index >= 15 is 0 Å². The van der Waals surface area contributed by atoms with E-state index in [0.717, 1.165) is 28.1 Å². The number of nitrogens with zero attached hydrogens (tertiary/aromatic N) is 1. The van der Waals surface area contributed by atoms with Gasteiger partial charge >= 0.3 is 6.03 Å². The molecule has 3 rings (SSSR count). The molecule has 2 atom stereocenters. The van der Waals surface area contributed by atoms with Gasteiger partial charge in [-0.1, -0.05) is 24.3 Å². The number of benzene rings is 1. The van der Waals surface area contributed by atoms with Gasteiger partial charge < -0.3 is 15.7 Å². The Labute approximate surface area is 128 Å². The van der Waals surface area contributed by atoms with Crippen molar-refractivity contribution in [3.63, 3.8) is 0 Å². The van der Waals surface area contributed by atoms with Crippen molar-refractivity contribution in [2.75, 3.05) is 0 Å². The number of aliphatic hydroxyl groups excluding tert-OH is 1. The van der Waals surface area contributed by atoms with E-state index in [1.165, 1.54) is 0 Å². The third kappa shape index (κ3) is 2.69. The Morgan fingerprint density at radius 2 is 2.18 bits per heavy atom. The Kier molecular flexibility index (Phi) is 3.85. The largest absolute Gasteiger partial charge is 0.390 e. The average molecular weight is 300 g/mol. The summed E-state index contributed by atoms with van der Waals surface area (Å²) >= 11 is 0. The molecule has 1 heterocycles. The molecule has 0 saturated heterocycles. The number of nitrogens with one attached hydrogen (secondary N) is 3. The van der Waals surface area contributed by atoms with Crippen molar-refractivity contribution in [2.24, 2.45) is 0 Å². The molecule has 0 aliphatic heterocycles. The Morgan fingerprint density at radius 3 is 2.91 bits per heavy atom. The maximum atomic E-state index is 12.1. The van der Waals surface area contributed by atoms with Crippen molar-refractivity contribution >= 4 is 6.03 Å². The number of fused-ring (bicyclic) bond motifs is 1. The topological polar surface area (TPSA) is 90.0 Å². The van der Waals surface area contributed by atoms with E-state index in [9.17, 15) is 9.90 Å². The van der Waals surface area contributed by atoms with Crippen LogP contribution in [0.15, 0.2) is 24.3 Å². The van der Waals surface area contributed by atoms with Gasteiger partial charge in [0.25, 0.3) is 0 Å². The van der Waals surface area contributed by atoms with E-state index in [0.29, 0.717) is 13.0 Å². The van der Waals surface area contributed by atoms with Gasteiger partial charge in [-0.15, -0.1) is 0 Å². The molecule has 1 aliphatic rings. The third-order valence-electron chi connectivity index (χ3n) is 4.20. The number of carbonyl (C=O) groups excluding carboxylic acids is 1. The van der Waals surface area contributed by atoms with Crippen LogP contribution in [0.25, 0.3) is 0 Å². The quantitative estimate of drug-likeness (QED) is 0.692. The number of hydrogen-bond acceptors (Lipinski definition) is 3. The zero-order valence-corrected chi connectivity index (χ0v) is 12.7. The minimum absolute atomic E-state index is 0.291. The SMILES string of the molecule is Cc1n[nH]c(C)c1CNC(=O)NC1c2ccccc2CC1O. The molecular formula is C16H20N4O2. The van der Waals surface area contributed by atoms with E-state index in [4.69, 9.17) is 0 Å². The fourth-order valence-corrected chi connectivity index (χ4v) is 2.94. The number of aryl methyl sites for hydroxylation is 2. The molecule has 22 heavy (non-hydrogen) atoms. The first kappa shape index (κ1) is 14.6. The van der Waals surface area contributed by atoms with Crippen LogP contribution >= 0.6 is 0 Å². The van der Waals surface area contributed by atoms with Crippen molar-refractivity contribution in [3.05, 3.63) is 52.3 Å². The van der Waals surface area contributed by atoms with Gasteiger partial charge in [0.15, 0.2) is 0 Å². The van der Waals surface area contributed by atoms with Gasteiger partial charge in [0.05, 0.1) is 17.8 Å². The second-order valence-corrected chi connectivity index (χ2v) is 5.69. The van der Waals surface area contributed by atoms with Crippen molar-refractivity contribution in [2.45, 2.75) is 39.0 Å². The van der Waals surface area contributed by atoms with Gasteiger partial charge in [-0.2, -0.15) is 5.10 Å². The van der Waals surface area contributed by atoms with E-state index in [1.54, 1.807) is 0 Å². The number of hydrogen-bond donors (Lipinski definition) is 4. The number of aromatic nitrogens is 2. The molecule has 2 unspecified atom stereocenters. The Balaban J connectivity index is 1.63. The molecule has 2 aromatic rings. The second-order valence-electron chi connectivity index (χ2n) is 5.69. The zero-order chi connectivity index (χ0) is 15.7. The van der Waals surface area contributed by atoms with Crippen LogP contribution < -0.4 is 10.6 Å². The molecule has 6 heteroatoms. The molecule has 116 valence electrons. The number of urea groups is 1. The minimum Gasteiger partial charge on any atom is -0.390 e. The number of rotatable bonds is 3. The van der Waals surface area contributed by atoms with Crippen LogP contribution in [-0.2, 0) is 13.0 Å². The lowest BCUT2D eigenvalue weighted by molar-refractivity contribution is 0.142. The van der Waals surface area contributed by atoms with Crippen molar-refractivity contribution < 1.29 is 9.90 Å². The molecule has 0 radical (unpaired) electrons. The first-order valence-electron chi connectivity index (χ1n) is 7.37. The zero-order valence-electron chi connectivity index (χ0n) is 12.7. The molecule has 0 spiro atoms. The molecule has 2 amide bonds. The number of amides is 2. The van der Waals surface area contributed by atoms with Crippen molar-refractivity contribution in [1.29, 1.82) is 0 Å². The summed E-state index contributed by atoms with van der Waals surface area (Å²) in [5.74, 6) is 0. The highest BCUT2D eigenvalue weighted by Crippen LogP contribution is 2.31. The summed E-state index contributed by atoms with van der Waals surface area (Å²) in [5.41, 5.74) is 4.89. The Bertz CT molecular complexity index is 676. The number of aromatic amines is 1. The summed E-state index contributed by atoms with van der Waals surface area (Å²) in [7, 11) is 0. The lowest BCUT2D eigenvalue weighted by Crippen LogP contribution is -2.40. The Morgan fingerprint density at radius 1 is 1.41 bits per heavy atom. The monoisotopic (exact) mass is 300 g/mol. The van der Waals surface area contributed by atoms with E-state index in [2.05, 4.69) is 20.8 Å². The van der Waals surface area contributed by atoms with E-state index in [1.807, 2.05) is 38.1 Å². The predicted molar refractivity (Wildman–Crippen MR) is 82.3 cm³/mol. The van der Waals surface area contributed by atoms with Gasteiger partial charge in [0.2, 0.25) is 0 Å². The maximum absolute atomic E-state index is 12.1. The van der Waals surface area contributed by atoms with Gasteiger partial charge in [-0.3, -0.25) is 5.10 Å². The molecular weight excluding hydrogens is 280 g/mol. The fourth-order valence-electron chi connectivity index (χ4n) is 2.94. The first-order chi connectivity index (χ1) is 10.6. The lowest BCUT2D eigenvalue weighted by Gasteiger charge is -2.18. The summed E-state index contributed by atoms with van der Waals surface area (Å²) in [6, 6.07) is 7.14. The first-order valence-corrected chi connectivity index (χ1v) is 7.37.